The lowest BCUT2D eigenvalue weighted by atomic mass is 10.0. The maximum atomic E-state index is 9.26. The summed E-state index contributed by atoms with van der Waals surface area (Å²) < 4.78 is 0. The van der Waals surface area contributed by atoms with Crippen LogP contribution in [0.4, 0.5) is 0 Å². The van der Waals surface area contributed by atoms with Gasteiger partial charge in [-0.2, -0.15) is 0 Å². The number of aryl methyl sites for hydroxylation is 1. The van der Waals surface area contributed by atoms with E-state index >= 15 is 0 Å². The third kappa shape index (κ3) is 2.08. The molecule has 0 unspecified atom stereocenters. The van der Waals surface area contributed by atoms with Gasteiger partial charge in [0.1, 0.15) is 0 Å². The summed E-state index contributed by atoms with van der Waals surface area (Å²) in [6.07, 6.45) is 2.61. The topological polar surface area (TPSA) is 36.0 Å². The Morgan fingerprint density at radius 2 is 2.11 bits per heavy atom. The minimum absolute atomic E-state index is 0.174. The number of aromatic amines is 1. The van der Waals surface area contributed by atoms with Crippen molar-refractivity contribution < 1.29 is 5.11 Å². The average molecular weight is 243 g/mol. The lowest BCUT2D eigenvalue weighted by Crippen LogP contribution is -1.94. The Morgan fingerprint density at radius 3 is 2.72 bits per heavy atom. The SMILES string of the molecule is C=C(CC)c1[nH]c2c(CC)cccc2c1CCO. The molecule has 0 fully saturated rings. The highest BCUT2D eigenvalue weighted by molar-refractivity contribution is 5.91. The first kappa shape index (κ1) is 12.9. The lowest BCUT2D eigenvalue weighted by Gasteiger charge is -2.04. The number of aliphatic hydroxyl groups is 1. The Hall–Kier alpha value is -1.54. The van der Waals surface area contributed by atoms with Gasteiger partial charge in [-0.25, -0.2) is 0 Å². The van der Waals surface area contributed by atoms with Gasteiger partial charge in [0.2, 0.25) is 0 Å². The van der Waals surface area contributed by atoms with E-state index in [2.05, 4.69) is 43.6 Å². The van der Waals surface area contributed by atoms with E-state index in [-0.39, 0.29) is 6.61 Å². The van der Waals surface area contributed by atoms with Gasteiger partial charge in [-0.1, -0.05) is 38.6 Å². The van der Waals surface area contributed by atoms with Crippen LogP contribution in [0.3, 0.4) is 0 Å². The molecule has 2 nitrogen and oxygen atoms in total. The predicted molar refractivity (Wildman–Crippen MR) is 77.8 cm³/mol. The number of para-hydroxylation sites is 1. The minimum atomic E-state index is 0.174. The summed E-state index contributed by atoms with van der Waals surface area (Å²) in [5, 5.41) is 10.5. The zero-order valence-corrected chi connectivity index (χ0v) is 11.2. The summed E-state index contributed by atoms with van der Waals surface area (Å²) in [5.74, 6) is 0. The largest absolute Gasteiger partial charge is 0.396 e. The van der Waals surface area contributed by atoms with E-state index in [0.717, 1.165) is 24.1 Å². The quantitative estimate of drug-likeness (QED) is 0.825. The second-order valence-corrected chi connectivity index (χ2v) is 4.60. The van der Waals surface area contributed by atoms with Gasteiger partial charge in [0.05, 0.1) is 0 Å². The van der Waals surface area contributed by atoms with Gasteiger partial charge in [0.15, 0.2) is 0 Å². The first-order valence-electron chi connectivity index (χ1n) is 6.64. The molecule has 0 amide bonds. The summed E-state index contributed by atoms with van der Waals surface area (Å²) >= 11 is 0. The van der Waals surface area contributed by atoms with Crippen molar-refractivity contribution in [3.8, 4) is 0 Å². The molecule has 1 aromatic carbocycles. The number of hydrogen-bond donors (Lipinski definition) is 2. The molecular formula is C16H21NO. The van der Waals surface area contributed by atoms with Crippen molar-refractivity contribution in [1.29, 1.82) is 0 Å². The summed E-state index contributed by atoms with van der Waals surface area (Å²) in [4.78, 5) is 3.51. The van der Waals surface area contributed by atoms with Crippen molar-refractivity contribution in [2.45, 2.75) is 33.1 Å². The smallest absolute Gasteiger partial charge is 0.0494 e. The highest BCUT2D eigenvalue weighted by Crippen LogP contribution is 2.30. The van der Waals surface area contributed by atoms with Crippen LogP contribution in [0.2, 0.25) is 0 Å². The number of aliphatic hydroxyl groups excluding tert-OH is 1. The van der Waals surface area contributed by atoms with Gasteiger partial charge < -0.3 is 10.1 Å². The highest BCUT2D eigenvalue weighted by atomic mass is 16.2. The molecule has 0 aliphatic heterocycles. The summed E-state index contributed by atoms with van der Waals surface area (Å²) in [6, 6.07) is 6.37. The average Bonchev–Trinajstić information content (AvgIpc) is 2.77. The van der Waals surface area contributed by atoms with E-state index in [1.807, 2.05) is 0 Å². The van der Waals surface area contributed by atoms with E-state index in [0.29, 0.717) is 6.42 Å². The molecule has 0 radical (unpaired) electrons. The number of aromatic nitrogens is 1. The van der Waals surface area contributed by atoms with Gasteiger partial charge >= 0.3 is 0 Å². The highest BCUT2D eigenvalue weighted by Gasteiger charge is 2.14. The Labute approximate surface area is 108 Å². The third-order valence-electron chi connectivity index (χ3n) is 3.55. The minimum Gasteiger partial charge on any atom is -0.396 e. The molecule has 0 aliphatic carbocycles. The molecule has 2 aromatic rings. The number of nitrogens with one attached hydrogen (secondary N) is 1. The van der Waals surface area contributed by atoms with Crippen molar-refractivity contribution in [3.05, 3.63) is 41.6 Å². The molecule has 18 heavy (non-hydrogen) atoms. The Morgan fingerprint density at radius 1 is 1.33 bits per heavy atom. The molecule has 0 aliphatic rings. The zero-order chi connectivity index (χ0) is 13.1. The van der Waals surface area contributed by atoms with Crippen LogP contribution in [0.1, 0.15) is 37.1 Å². The number of allylic oxidation sites excluding steroid dienone is 1. The van der Waals surface area contributed by atoms with Crippen LogP contribution < -0.4 is 0 Å². The lowest BCUT2D eigenvalue weighted by molar-refractivity contribution is 0.300. The second kappa shape index (κ2) is 5.40. The van der Waals surface area contributed by atoms with E-state index in [4.69, 9.17) is 0 Å². The third-order valence-corrected chi connectivity index (χ3v) is 3.55. The van der Waals surface area contributed by atoms with Gasteiger partial charge in [-0.3, -0.25) is 0 Å². The maximum absolute atomic E-state index is 9.26. The van der Waals surface area contributed by atoms with Gasteiger partial charge in [0.25, 0.3) is 0 Å². The molecule has 0 atom stereocenters. The number of fused-ring (bicyclic) bond motifs is 1. The molecule has 0 spiro atoms. The van der Waals surface area contributed by atoms with Crippen molar-refractivity contribution in [1.82, 2.24) is 4.98 Å². The molecule has 0 saturated heterocycles. The van der Waals surface area contributed by atoms with E-state index in [1.165, 1.54) is 22.0 Å². The van der Waals surface area contributed by atoms with Crippen molar-refractivity contribution in [2.75, 3.05) is 6.61 Å². The molecule has 96 valence electrons. The van der Waals surface area contributed by atoms with Gasteiger partial charge in [-0.05, 0) is 36.0 Å². The number of benzene rings is 1. The van der Waals surface area contributed by atoms with Crippen LogP contribution in [-0.4, -0.2) is 16.7 Å². The van der Waals surface area contributed by atoms with E-state index in [9.17, 15) is 5.11 Å². The van der Waals surface area contributed by atoms with Gasteiger partial charge in [-0.15, -0.1) is 0 Å². The Bertz CT molecular complexity index is 566. The van der Waals surface area contributed by atoms with Crippen LogP contribution in [0.15, 0.2) is 24.8 Å². The second-order valence-electron chi connectivity index (χ2n) is 4.60. The van der Waals surface area contributed by atoms with Crippen molar-refractivity contribution in [2.24, 2.45) is 0 Å². The van der Waals surface area contributed by atoms with Crippen LogP contribution >= 0.6 is 0 Å². The number of H-pyrrole nitrogens is 1. The van der Waals surface area contributed by atoms with Crippen LogP contribution in [0.5, 0.6) is 0 Å². The summed E-state index contributed by atoms with van der Waals surface area (Å²) in [7, 11) is 0. The Kier molecular flexibility index (Phi) is 3.87. The monoisotopic (exact) mass is 243 g/mol. The van der Waals surface area contributed by atoms with Gasteiger partial charge in [0, 0.05) is 23.2 Å². The number of rotatable bonds is 5. The van der Waals surface area contributed by atoms with E-state index < -0.39 is 0 Å². The zero-order valence-electron chi connectivity index (χ0n) is 11.2. The van der Waals surface area contributed by atoms with Crippen LogP contribution in [0.25, 0.3) is 16.5 Å². The first-order chi connectivity index (χ1) is 8.72. The predicted octanol–water partition coefficient (Wildman–Crippen LogP) is 3.69. The molecule has 0 bridgehead atoms. The summed E-state index contributed by atoms with van der Waals surface area (Å²) in [6.45, 7) is 8.57. The fourth-order valence-electron chi connectivity index (χ4n) is 2.48. The Balaban J connectivity index is 2.69. The van der Waals surface area contributed by atoms with Crippen LogP contribution in [0, 0.1) is 0 Å². The molecule has 1 heterocycles. The molecule has 2 N–H and O–H groups in total. The fraction of sp³-hybridized carbons (Fsp3) is 0.375. The molecule has 0 saturated carbocycles. The molecule has 1 aromatic heterocycles. The van der Waals surface area contributed by atoms with Crippen LogP contribution in [-0.2, 0) is 12.8 Å². The normalized spacial score (nSPS) is 11.1. The van der Waals surface area contributed by atoms with Crippen molar-refractivity contribution in [3.63, 3.8) is 0 Å². The van der Waals surface area contributed by atoms with Crippen molar-refractivity contribution >= 4 is 16.5 Å². The first-order valence-corrected chi connectivity index (χ1v) is 6.64. The number of hydrogen-bond acceptors (Lipinski definition) is 1. The molecule has 2 rings (SSSR count). The molecule has 2 heteroatoms. The van der Waals surface area contributed by atoms with E-state index in [1.54, 1.807) is 0 Å². The fourth-order valence-corrected chi connectivity index (χ4v) is 2.48. The molecular weight excluding hydrogens is 222 g/mol. The standard InChI is InChI=1S/C16H21NO/c1-4-11(3)15-14(9-10-18)13-8-6-7-12(5-2)16(13)17-15/h6-8,17-18H,3-5,9-10H2,1-2H3. The summed E-state index contributed by atoms with van der Waals surface area (Å²) in [5.41, 5.74) is 5.95. The maximum Gasteiger partial charge on any atom is 0.0494 e.